The number of alkyl halides is 3. The number of imidazole rings is 1. The highest BCUT2D eigenvalue weighted by molar-refractivity contribution is 7.92. The van der Waals surface area contributed by atoms with E-state index in [0.717, 1.165) is 33.9 Å². The fraction of sp³-hybridized carbons (Fsp3) is 0.200. The number of sulfonamides is 1. The molecule has 1 N–H and O–H groups in total. The van der Waals surface area contributed by atoms with Crippen molar-refractivity contribution in [3.63, 3.8) is 0 Å². The summed E-state index contributed by atoms with van der Waals surface area (Å²) in [7, 11) is -3.84. The number of hydrogen-bond donors (Lipinski definition) is 1. The van der Waals surface area contributed by atoms with Gasteiger partial charge < -0.3 is 4.57 Å². The van der Waals surface area contributed by atoms with Gasteiger partial charge in [0.1, 0.15) is 11.4 Å². The predicted molar refractivity (Wildman–Crippen MR) is 114 cm³/mol. The Morgan fingerprint density at radius 2 is 1.89 bits per heavy atom. The molecule has 0 saturated heterocycles. The molecule has 3 heterocycles. The van der Waals surface area contributed by atoms with Gasteiger partial charge in [0.05, 0.1) is 35.8 Å². The number of rotatable bonds is 7. The van der Waals surface area contributed by atoms with Gasteiger partial charge in [-0.2, -0.15) is 13.2 Å². The van der Waals surface area contributed by atoms with Gasteiger partial charge in [0, 0.05) is 18.0 Å². The number of hydrogen-bond acceptors (Lipinski definition) is 6. The molecule has 0 aliphatic carbocycles. The topological polar surface area (TPSA) is 108 Å². The molecule has 4 rings (SSSR count). The molecule has 0 unspecified atom stereocenters. The van der Waals surface area contributed by atoms with E-state index in [1.807, 2.05) is 0 Å². The fourth-order valence-corrected chi connectivity index (χ4v) is 4.27. The van der Waals surface area contributed by atoms with Crippen LogP contribution < -0.4 is 4.72 Å². The molecule has 0 aliphatic rings. The molecule has 35 heavy (non-hydrogen) atoms. The van der Waals surface area contributed by atoms with Crippen LogP contribution in [-0.4, -0.2) is 43.7 Å². The number of halogens is 5. The zero-order valence-corrected chi connectivity index (χ0v) is 18.6. The summed E-state index contributed by atoms with van der Waals surface area (Å²) >= 11 is 0. The van der Waals surface area contributed by atoms with Gasteiger partial charge in [-0.15, -0.1) is 5.10 Å². The molecule has 0 aliphatic heterocycles. The van der Waals surface area contributed by atoms with Crippen LogP contribution >= 0.6 is 0 Å². The van der Waals surface area contributed by atoms with Crippen molar-refractivity contribution in [3.8, 4) is 22.6 Å². The second-order valence-electron chi connectivity index (χ2n) is 7.32. The van der Waals surface area contributed by atoms with Crippen molar-refractivity contribution >= 4 is 15.7 Å². The lowest BCUT2D eigenvalue weighted by Crippen LogP contribution is -2.18. The Balaban J connectivity index is 1.67. The van der Waals surface area contributed by atoms with E-state index in [2.05, 4.69) is 25.0 Å². The van der Waals surface area contributed by atoms with E-state index in [0.29, 0.717) is 6.42 Å². The van der Waals surface area contributed by atoms with E-state index in [-0.39, 0.29) is 22.7 Å². The molecule has 9 nitrogen and oxygen atoms in total. The first-order valence-electron chi connectivity index (χ1n) is 9.96. The van der Waals surface area contributed by atoms with Crippen LogP contribution in [0.25, 0.3) is 22.6 Å². The van der Waals surface area contributed by atoms with Crippen molar-refractivity contribution in [2.45, 2.75) is 19.5 Å². The Kier molecular flexibility index (Phi) is 6.27. The fourth-order valence-electron chi connectivity index (χ4n) is 3.14. The second kappa shape index (κ2) is 9.05. The molecule has 184 valence electrons. The van der Waals surface area contributed by atoms with Crippen LogP contribution in [0, 0.1) is 11.6 Å². The predicted octanol–water partition coefficient (Wildman–Crippen LogP) is 3.96. The normalized spacial score (nSPS) is 12.2. The minimum absolute atomic E-state index is 0.103. The lowest BCUT2D eigenvalue weighted by molar-refractivity contribution is -0.140. The Labute approximate surface area is 195 Å². The molecule has 4 aromatic rings. The molecule has 15 heteroatoms. The van der Waals surface area contributed by atoms with Crippen LogP contribution in [0.5, 0.6) is 0 Å². The third-order valence-corrected chi connectivity index (χ3v) is 6.20. The first-order valence-corrected chi connectivity index (χ1v) is 11.6. The first kappa shape index (κ1) is 24.3. The molecule has 3 aromatic heterocycles. The van der Waals surface area contributed by atoms with Gasteiger partial charge in [-0.05, 0) is 24.6 Å². The Hall–Kier alpha value is -3.88. The summed E-state index contributed by atoms with van der Waals surface area (Å²) in [5.41, 5.74) is -1.60. The molecule has 0 amide bonds. The van der Waals surface area contributed by atoms with Crippen molar-refractivity contribution in [3.05, 3.63) is 66.6 Å². The third-order valence-electron chi connectivity index (χ3n) is 4.72. The number of pyridine rings is 1. The molecule has 0 atom stereocenters. The van der Waals surface area contributed by atoms with Crippen LogP contribution in [0.2, 0.25) is 0 Å². The summed E-state index contributed by atoms with van der Waals surface area (Å²) in [6.45, 7) is 1.63. The average Bonchev–Trinajstić information content (AvgIpc) is 3.46. The number of benzene rings is 1. The van der Waals surface area contributed by atoms with Gasteiger partial charge >= 0.3 is 6.18 Å². The van der Waals surface area contributed by atoms with Gasteiger partial charge in [-0.3, -0.25) is 9.71 Å². The number of anilines is 1. The van der Waals surface area contributed by atoms with E-state index in [1.165, 1.54) is 24.7 Å². The van der Waals surface area contributed by atoms with E-state index < -0.39 is 44.9 Å². The molecule has 0 fully saturated rings. The second-order valence-corrected chi connectivity index (χ2v) is 9.16. The van der Waals surface area contributed by atoms with E-state index in [9.17, 15) is 26.0 Å². The molecule has 0 spiro atoms. The number of nitrogens with zero attached hydrogens (tertiary/aromatic N) is 6. The summed E-state index contributed by atoms with van der Waals surface area (Å²) in [6, 6.07) is 3.27. The van der Waals surface area contributed by atoms with Crippen molar-refractivity contribution in [2.24, 2.45) is 0 Å². The van der Waals surface area contributed by atoms with E-state index in [4.69, 9.17) is 0 Å². The SMILES string of the molecule is CCCS(=O)(=O)Nc1ccc(F)c(-n2cc(-c3cncc(-n4cnc(C(F)(F)F)c4)c3)nn2)c1F. The maximum Gasteiger partial charge on any atom is 0.434 e. The van der Waals surface area contributed by atoms with E-state index in [1.54, 1.807) is 6.92 Å². The van der Waals surface area contributed by atoms with Gasteiger partial charge in [0.25, 0.3) is 0 Å². The largest absolute Gasteiger partial charge is 0.434 e. The smallest absolute Gasteiger partial charge is 0.304 e. The van der Waals surface area contributed by atoms with Crippen LogP contribution in [0.15, 0.2) is 49.3 Å². The Bertz CT molecular complexity index is 1480. The molecular weight excluding hydrogens is 497 g/mol. The highest BCUT2D eigenvalue weighted by atomic mass is 32.2. The van der Waals surface area contributed by atoms with Crippen LogP contribution in [-0.2, 0) is 16.2 Å². The third kappa shape index (κ3) is 5.13. The van der Waals surface area contributed by atoms with Crippen molar-refractivity contribution in [1.82, 2.24) is 29.5 Å². The van der Waals surface area contributed by atoms with Gasteiger partial charge in [0.2, 0.25) is 10.0 Å². The van der Waals surface area contributed by atoms with Gasteiger partial charge in [-0.25, -0.2) is 26.9 Å². The molecule has 1 aromatic carbocycles. The summed E-state index contributed by atoms with van der Waals surface area (Å²) in [6.07, 6.45) is 1.22. The standard InChI is InChI=1S/C20H16F5N7O2S/c1-2-5-35(33,34)29-15-4-3-14(21)19(18(15)22)32-9-16(28-30-32)12-6-13(8-26-7-12)31-10-17(27-11-31)20(23,24)25/h3-4,6-11,29H,2,5H2,1H3. The summed E-state index contributed by atoms with van der Waals surface area (Å²) in [4.78, 5) is 7.29. The van der Waals surface area contributed by atoms with E-state index >= 15 is 4.39 Å². The first-order chi connectivity index (χ1) is 16.5. The highest BCUT2D eigenvalue weighted by Gasteiger charge is 2.33. The van der Waals surface area contributed by atoms with Crippen LogP contribution in [0.1, 0.15) is 19.0 Å². The van der Waals surface area contributed by atoms with Crippen molar-refractivity contribution < 1.29 is 30.4 Å². The summed E-state index contributed by atoms with van der Waals surface area (Å²) in [5, 5.41) is 7.57. The number of nitrogens with one attached hydrogen (secondary N) is 1. The van der Waals surface area contributed by atoms with Gasteiger partial charge in [-0.1, -0.05) is 12.1 Å². The Morgan fingerprint density at radius 1 is 1.11 bits per heavy atom. The summed E-state index contributed by atoms with van der Waals surface area (Å²) in [5.74, 6) is -2.48. The monoisotopic (exact) mass is 513 g/mol. The summed E-state index contributed by atoms with van der Waals surface area (Å²) < 4.78 is 96.0. The van der Waals surface area contributed by atoms with Crippen LogP contribution in [0.3, 0.4) is 0 Å². The molecule has 0 saturated carbocycles. The maximum atomic E-state index is 15.0. The highest BCUT2D eigenvalue weighted by Crippen LogP contribution is 2.29. The zero-order valence-electron chi connectivity index (χ0n) is 17.8. The minimum Gasteiger partial charge on any atom is -0.304 e. The lowest BCUT2D eigenvalue weighted by Gasteiger charge is -2.11. The maximum absolute atomic E-state index is 15.0. The van der Waals surface area contributed by atoms with Crippen molar-refractivity contribution in [2.75, 3.05) is 10.5 Å². The molecule has 0 bridgehead atoms. The van der Waals surface area contributed by atoms with Gasteiger partial charge in [0.15, 0.2) is 17.3 Å². The minimum atomic E-state index is -4.62. The molecule has 0 radical (unpaired) electrons. The number of aromatic nitrogens is 6. The zero-order chi connectivity index (χ0) is 25.4. The quantitative estimate of drug-likeness (QED) is 0.375. The lowest BCUT2D eigenvalue weighted by atomic mass is 10.2. The average molecular weight is 513 g/mol. The Morgan fingerprint density at radius 3 is 2.57 bits per heavy atom. The molecular formula is C20H16F5N7O2S. The van der Waals surface area contributed by atoms with Crippen LogP contribution in [0.4, 0.5) is 27.6 Å². The van der Waals surface area contributed by atoms with Crippen molar-refractivity contribution in [1.29, 1.82) is 0 Å².